The van der Waals surface area contributed by atoms with E-state index in [1.807, 2.05) is 0 Å². The Morgan fingerprint density at radius 2 is 1.77 bits per heavy atom. The molecule has 0 N–H and O–H groups in total. The fraction of sp³-hybridized carbons (Fsp3) is 0.400. The summed E-state index contributed by atoms with van der Waals surface area (Å²) in [5, 5.41) is 0. The highest BCUT2D eigenvalue weighted by Crippen LogP contribution is 2.60. The molecule has 0 saturated heterocycles. The van der Waals surface area contributed by atoms with Crippen LogP contribution in [0.1, 0.15) is 44.4 Å². The summed E-state index contributed by atoms with van der Waals surface area (Å²) in [6, 6.07) is 8.71. The Bertz CT molecular complexity index is 783. The third kappa shape index (κ3) is 1.34. The Morgan fingerprint density at radius 3 is 2.55 bits per heavy atom. The molecule has 2 nitrogen and oxygen atoms in total. The van der Waals surface area contributed by atoms with Crippen LogP contribution in [0.4, 0.5) is 0 Å². The van der Waals surface area contributed by atoms with E-state index < -0.39 is 0 Å². The molecule has 4 aliphatic rings. The lowest BCUT2D eigenvalue weighted by molar-refractivity contribution is -0.0134. The molecular formula is C20H20O2. The number of ether oxygens (including phenoxy) is 2. The van der Waals surface area contributed by atoms with E-state index in [9.17, 15) is 0 Å². The lowest BCUT2D eigenvalue weighted by atomic mass is 9.74. The van der Waals surface area contributed by atoms with Gasteiger partial charge in [-0.15, -0.1) is 0 Å². The molecule has 1 aromatic rings. The van der Waals surface area contributed by atoms with Crippen molar-refractivity contribution in [2.24, 2.45) is 0 Å². The molecule has 112 valence electrons. The van der Waals surface area contributed by atoms with Gasteiger partial charge in [0.2, 0.25) is 0 Å². The SMILES string of the molecule is CC1=C(CC23OC(C(C)=C2C)c2ccccc23)C2C=CC1O2. The first kappa shape index (κ1) is 12.9. The first-order chi connectivity index (χ1) is 10.6. The van der Waals surface area contributed by atoms with Gasteiger partial charge in [0.25, 0.3) is 0 Å². The zero-order valence-electron chi connectivity index (χ0n) is 13.2. The molecule has 22 heavy (non-hydrogen) atoms. The Hall–Kier alpha value is -1.64. The quantitative estimate of drug-likeness (QED) is 0.755. The smallest absolute Gasteiger partial charge is 0.120 e. The molecule has 4 unspecified atom stereocenters. The fourth-order valence-electron chi connectivity index (χ4n) is 4.63. The van der Waals surface area contributed by atoms with Crippen LogP contribution < -0.4 is 0 Å². The van der Waals surface area contributed by atoms with Crippen LogP contribution in [0.15, 0.2) is 58.7 Å². The fourth-order valence-corrected chi connectivity index (χ4v) is 4.63. The van der Waals surface area contributed by atoms with Crippen molar-refractivity contribution in [3.05, 3.63) is 69.8 Å². The van der Waals surface area contributed by atoms with E-state index in [0.29, 0.717) is 0 Å². The Kier molecular flexibility index (Phi) is 2.34. The van der Waals surface area contributed by atoms with Crippen molar-refractivity contribution >= 4 is 0 Å². The summed E-state index contributed by atoms with van der Waals surface area (Å²) >= 11 is 0. The summed E-state index contributed by atoms with van der Waals surface area (Å²) in [6.45, 7) is 6.67. The predicted octanol–water partition coefficient (Wildman–Crippen LogP) is 4.35. The van der Waals surface area contributed by atoms with Crippen LogP contribution in [0.2, 0.25) is 0 Å². The molecule has 0 fully saturated rings. The van der Waals surface area contributed by atoms with Gasteiger partial charge in [0.1, 0.15) is 11.7 Å². The minimum absolute atomic E-state index is 0.146. The molecule has 0 aromatic heterocycles. The predicted molar refractivity (Wildman–Crippen MR) is 85.4 cm³/mol. The lowest BCUT2D eigenvalue weighted by Crippen LogP contribution is -2.28. The molecule has 0 amide bonds. The largest absolute Gasteiger partial charge is 0.358 e. The summed E-state index contributed by atoms with van der Waals surface area (Å²) < 4.78 is 12.6. The van der Waals surface area contributed by atoms with Gasteiger partial charge in [0, 0.05) is 6.42 Å². The van der Waals surface area contributed by atoms with E-state index in [1.54, 1.807) is 0 Å². The maximum absolute atomic E-state index is 6.58. The van der Waals surface area contributed by atoms with Crippen molar-refractivity contribution in [3.63, 3.8) is 0 Å². The minimum Gasteiger partial charge on any atom is -0.358 e. The highest BCUT2D eigenvalue weighted by atomic mass is 16.5. The van der Waals surface area contributed by atoms with Crippen molar-refractivity contribution in [2.45, 2.75) is 51.1 Å². The van der Waals surface area contributed by atoms with Crippen molar-refractivity contribution in [1.82, 2.24) is 0 Å². The number of fused-ring (bicyclic) bond motifs is 7. The van der Waals surface area contributed by atoms with E-state index in [4.69, 9.17) is 9.47 Å². The summed E-state index contributed by atoms with van der Waals surface area (Å²) in [4.78, 5) is 0. The maximum Gasteiger partial charge on any atom is 0.120 e. The van der Waals surface area contributed by atoms with Crippen LogP contribution in [-0.4, -0.2) is 12.2 Å². The third-order valence-electron chi connectivity index (χ3n) is 6.06. The second-order valence-electron chi connectivity index (χ2n) is 6.97. The van der Waals surface area contributed by atoms with E-state index >= 15 is 0 Å². The normalized spacial score (nSPS) is 37.7. The van der Waals surface area contributed by atoms with Gasteiger partial charge >= 0.3 is 0 Å². The van der Waals surface area contributed by atoms with E-state index in [-0.39, 0.29) is 23.9 Å². The highest BCUT2D eigenvalue weighted by molar-refractivity contribution is 5.55. The lowest BCUT2D eigenvalue weighted by Gasteiger charge is -2.31. The molecule has 1 aromatic carbocycles. The molecule has 0 aliphatic carbocycles. The Balaban J connectivity index is 1.64. The number of rotatable bonds is 2. The molecule has 0 saturated carbocycles. The van der Waals surface area contributed by atoms with Crippen molar-refractivity contribution in [3.8, 4) is 0 Å². The van der Waals surface area contributed by atoms with E-state index in [0.717, 1.165) is 6.42 Å². The molecular weight excluding hydrogens is 272 g/mol. The molecule has 4 atom stereocenters. The Labute approximate surface area is 131 Å². The summed E-state index contributed by atoms with van der Waals surface area (Å²) in [7, 11) is 0. The number of hydrogen-bond acceptors (Lipinski definition) is 2. The third-order valence-corrected chi connectivity index (χ3v) is 6.06. The van der Waals surface area contributed by atoms with Crippen LogP contribution in [0.25, 0.3) is 0 Å². The molecule has 4 bridgehead atoms. The zero-order valence-corrected chi connectivity index (χ0v) is 13.2. The minimum atomic E-state index is -0.274. The van der Waals surface area contributed by atoms with Crippen LogP contribution in [-0.2, 0) is 15.1 Å². The molecule has 0 radical (unpaired) electrons. The van der Waals surface area contributed by atoms with Gasteiger partial charge in [-0.3, -0.25) is 0 Å². The second-order valence-corrected chi connectivity index (χ2v) is 6.97. The zero-order chi connectivity index (χ0) is 15.1. The number of benzene rings is 1. The van der Waals surface area contributed by atoms with Gasteiger partial charge in [0.05, 0.1) is 12.2 Å². The van der Waals surface area contributed by atoms with E-state index in [2.05, 4.69) is 57.2 Å². The standard InChI is InChI=1S/C20H20O2/c1-11-13(3)20(10-15-12(2)17-8-9-18(15)21-17)16-7-5-4-6-14(16)19(11)22-20/h4-9,17-19H,10H2,1-3H3. The van der Waals surface area contributed by atoms with Crippen molar-refractivity contribution < 1.29 is 9.47 Å². The highest BCUT2D eigenvalue weighted by Gasteiger charge is 2.54. The maximum atomic E-state index is 6.58. The molecule has 5 rings (SSSR count). The number of hydrogen-bond donors (Lipinski definition) is 0. The Morgan fingerprint density at radius 1 is 1.00 bits per heavy atom. The van der Waals surface area contributed by atoms with Gasteiger partial charge < -0.3 is 9.47 Å². The van der Waals surface area contributed by atoms with E-state index in [1.165, 1.54) is 33.4 Å². The molecule has 2 heteroatoms. The van der Waals surface area contributed by atoms with Gasteiger partial charge in [-0.2, -0.15) is 0 Å². The van der Waals surface area contributed by atoms with Crippen molar-refractivity contribution in [1.29, 1.82) is 0 Å². The van der Waals surface area contributed by atoms with Crippen LogP contribution in [0, 0.1) is 0 Å². The molecule has 4 aliphatic heterocycles. The monoisotopic (exact) mass is 292 g/mol. The first-order valence-corrected chi connectivity index (χ1v) is 8.10. The summed E-state index contributed by atoms with van der Waals surface area (Å²) in [6.07, 6.45) is 5.78. The average molecular weight is 292 g/mol. The van der Waals surface area contributed by atoms with Gasteiger partial charge in [0.15, 0.2) is 0 Å². The van der Waals surface area contributed by atoms with Crippen LogP contribution >= 0.6 is 0 Å². The van der Waals surface area contributed by atoms with Gasteiger partial charge in [-0.25, -0.2) is 0 Å². The van der Waals surface area contributed by atoms with Crippen LogP contribution in [0.5, 0.6) is 0 Å². The van der Waals surface area contributed by atoms with Gasteiger partial charge in [-0.05, 0) is 54.2 Å². The van der Waals surface area contributed by atoms with Crippen LogP contribution in [0.3, 0.4) is 0 Å². The second kappa shape index (κ2) is 4.01. The molecule has 4 heterocycles. The summed E-state index contributed by atoms with van der Waals surface area (Å²) in [5.74, 6) is 0. The summed E-state index contributed by atoms with van der Waals surface area (Å²) in [5.41, 5.74) is 8.00. The molecule has 0 spiro atoms. The van der Waals surface area contributed by atoms with Gasteiger partial charge in [-0.1, -0.05) is 36.4 Å². The van der Waals surface area contributed by atoms with Crippen molar-refractivity contribution in [2.75, 3.05) is 0 Å². The first-order valence-electron chi connectivity index (χ1n) is 8.10. The topological polar surface area (TPSA) is 18.5 Å². The average Bonchev–Trinajstić information content (AvgIpc) is 3.25.